The quantitative estimate of drug-likeness (QED) is 0.784. The van der Waals surface area contributed by atoms with Gasteiger partial charge in [0.2, 0.25) is 5.91 Å². The molecule has 18 heavy (non-hydrogen) atoms. The molecule has 1 aliphatic carbocycles. The molecule has 0 radical (unpaired) electrons. The first-order valence-corrected chi connectivity index (χ1v) is 7.46. The highest BCUT2D eigenvalue weighted by atomic mass is 16.1. The van der Waals surface area contributed by atoms with Crippen LogP contribution in [-0.4, -0.2) is 43.0 Å². The van der Waals surface area contributed by atoms with Crippen molar-refractivity contribution in [3.63, 3.8) is 0 Å². The number of piperazine rings is 1. The molecule has 1 atom stereocenters. The lowest BCUT2D eigenvalue weighted by Gasteiger charge is -2.40. The van der Waals surface area contributed by atoms with Gasteiger partial charge in [0.1, 0.15) is 0 Å². The summed E-state index contributed by atoms with van der Waals surface area (Å²) in [6.45, 7) is 6.15. The third-order valence-electron chi connectivity index (χ3n) is 4.75. The molecular weight excluding hydrogens is 226 g/mol. The number of carbonyl (C=O) groups excluding carboxylic acids is 1. The lowest BCUT2D eigenvalue weighted by Crippen LogP contribution is -2.56. The van der Waals surface area contributed by atoms with Gasteiger partial charge in [-0.1, -0.05) is 26.2 Å². The van der Waals surface area contributed by atoms with Crippen LogP contribution in [0.2, 0.25) is 0 Å². The van der Waals surface area contributed by atoms with Crippen LogP contribution in [0.4, 0.5) is 0 Å². The van der Waals surface area contributed by atoms with Gasteiger partial charge in [0.05, 0.1) is 6.04 Å². The molecule has 0 aromatic carbocycles. The molecule has 0 spiro atoms. The molecule has 4 heteroatoms. The molecule has 2 fully saturated rings. The molecular formula is C14H27N3O. The Balaban J connectivity index is 1.95. The Morgan fingerprint density at radius 1 is 1.28 bits per heavy atom. The summed E-state index contributed by atoms with van der Waals surface area (Å²) in [6.07, 6.45) is 6.18. The lowest BCUT2D eigenvalue weighted by molar-refractivity contribution is -0.126. The maximum absolute atomic E-state index is 11.8. The highest BCUT2D eigenvalue weighted by Crippen LogP contribution is 2.34. The van der Waals surface area contributed by atoms with Crippen LogP contribution in [0.15, 0.2) is 0 Å². The fourth-order valence-corrected chi connectivity index (χ4v) is 3.58. The van der Waals surface area contributed by atoms with Crippen LogP contribution in [0.1, 0.15) is 39.0 Å². The molecule has 0 aromatic rings. The zero-order valence-corrected chi connectivity index (χ0v) is 11.5. The van der Waals surface area contributed by atoms with Crippen molar-refractivity contribution in [2.24, 2.45) is 17.6 Å². The first-order valence-electron chi connectivity index (χ1n) is 7.46. The average molecular weight is 253 g/mol. The summed E-state index contributed by atoms with van der Waals surface area (Å²) >= 11 is 0. The van der Waals surface area contributed by atoms with Crippen LogP contribution in [0.5, 0.6) is 0 Å². The number of nitrogens with one attached hydrogen (secondary N) is 1. The molecule has 2 rings (SSSR count). The van der Waals surface area contributed by atoms with E-state index >= 15 is 0 Å². The van der Waals surface area contributed by atoms with Gasteiger partial charge in [-0.15, -0.1) is 0 Å². The van der Waals surface area contributed by atoms with Gasteiger partial charge in [-0.25, -0.2) is 0 Å². The summed E-state index contributed by atoms with van der Waals surface area (Å²) in [7, 11) is 0. The second-order valence-corrected chi connectivity index (χ2v) is 5.82. The van der Waals surface area contributed by atoms with Gasteiger partial charge in [-0.05, 0) is 24.7 Å². The Labute approximate surface area is 110 Å². The fourth-order valence-electron chi connectivity index (χ4n) is 3.58. The molecule has 4 nitrogen and oxygen atoms in total. The minimum atomic E-state index is -0.114. The number of nitrogens with zero attached hydrogens (tertiary/aromatic N) is 1. The summed E-state index contributed by atoms with van der Waals surface area (Å²) in [5.41, 5.74) is 5.66. The second-order valence-electron chi connectivity index (χ2n) is 5.82. The molecule has 1 saturated carbocycles. The first-order chi connectivity index (χ1) is 8.72. The van der Waals surface area contributed by atoms with Crippen LogP contribution >= 0.6 is 0 Å². The van der Waals surface area contributed by atoms with E-state index in [0.717, 1.165) is 32.1 Å². The number of nitrogens with two attached hydrogens (primary N) is 1. The van der Waals surface area contributed by atoms with Gasteiger partial charge < -0.3 is 11.1 Å². The molecule has 1 aliphatic heterocycles. The van der Waals surface area contributed by atoms with Gasteiger partial charge in [-0.2, -0.15) is 0 Å². The van der Waals surface area contributed by atoms with Crippen molar-refractivity contribution in [2.75, 3.05) is 26.2 Å². The molecule has 0 bridgehead atoms. The van der Waals surface area contributed by atoms with Crippen LogP contribution in [0.25, 0.3) is 0 Å². The smallest absolute Gasteiger partial charge is 0.235 e. The molecule has 2 aliphatic rings. The van der Waals surface area contributed by atoms with Gasteiger partial charge in [0, 0.05) is 26.2 Å². The minimum Gasteiger partial charge on any atom is -0.368 e. The summed E-state index contributed by atoms with van der Waals surface area (Å²) in [5.74, 6) is 1.25. The van der Waals surface area contributed by atoms with Gasteiger partial charge >= 0.3 is 0 Å². The molecule has 1 amide bonds. The van der Waals surface area contributed by atoms with Crippen molar-refractivity contribution < 1.29 is 4.79 Å². The van der Waals surface area contributed by atoms with E-state index in [2.05, 4.69) is 17.1 Å². The van der Waals surface area contributed by atoms with E-state index in [-0.39, 0.29) is 11.9 Å². The van der Waals surface area contributed by atoms with Crippen LogP contribution in [0, 0.1) is 11.8 Å². The highest BCUT2D eigenvalue weighted by molar-refractivity contribution is 5.80. The Hall–Kier alpha value is -0.610. The monoisotopic (exact) mass is 253 g/mol. The van der Waals surface area contributed by atoms with Gasteiger partial charge in [0.25, 0.3) is 0 Å². The summed E-state index contributed by atoms with van der Waals surface area (Å²) in [5, 5.41) is 3.33. The molecule has 104 valence electrons. The van der Waals surface area contributed by atoms with Crippen molar-refractivity contribution >= 4 is 5.91 Å². The number of carbonyl (C=O) groups is 1. The van der Waals surface area contributed by atoms with Crippen LogP contribution < -0.4 is 11.1 Å². The predicted octanol–water partition coefficient (Wildman–Crippen LogP) is 0.962. The normalized spacial score (nSPS) is 32.1. The number of primary amides is 1. The zero-order chi connectivity index (χ0) is 13.0. The molecule has 1 heterocycles. The predicted molar refractivity (Wildman–Crippen MR) is 73.2 cm³/mol. The molecule has 0 aromatic heterocycles. The van der Waals surface area contributed by atoms with Crippen LogP contribution in [0.3, 0.4) is 0 Å². The van der Waals surface area contributed by atoms with E-state index in [4.69, 9.17) is 5.73 Å². The third kappa shape index (κ3) is 3.23. The molecule has 1 unspecified atom stereocenters. The largest absolute Gasteiger partial charge is 0.368 e. The van der Waals surface area contributed by atoms with Crippen molar-refractivity contribution in [3.05, 3.63) is 0 Å². The van der Waals surface area contributed by atoms with E-state index in [1.54, 1.807) is 0 Å². The van der Waals surface area contributed by atoms with Crippen molar-refractivity contribution in [1.82, 2.24) is 10.2 Å². The Kier molecular flexibility index (Phi) is 5.01. The molecule has 1 saturated heterocycles. The number of amides is 1. The summed E-state index contributed by atoms with van der Waals surface area (Å²) < 4.78 is 0. The maximum atomic E-state index is 11.8. The maximum Gasteiger partial charge on any atom is 0.235 e. The van der Waals surface area contributed by atoms with Gasteiger partial charge in [-0.3, -0.25) is 9.69 Å². The van der Waals surface area contributed by atoms with Crippen molar-refractivity contribution in [1.29, 1.82) is 0 Å². The molecule has 3 N–H and O–H groups in total. The standard InChI is InChI=1S/C14H27N3O/c1-2-11-3-5-12(6-4-11)13(14(15)18)17-9-7-16-8-10-17/h11-13,16H,2-10H2,1H3,(H2,15,18). The zero-order valence-electron chi connectivity index (χ0n) is 11.5. The van der Waals surface area contributed by atoms with Crippen LogP contribution in [-0.2, 0) is 4.79 Å². The Bertz CT molecular complexity index is 268. The summed E-state index contributed by atoms with van der Waals surface area (Å²) in [6, 6.07) is -0.0232. The summed E-state index contributed by atoms with van der Waals surface area (Å²) in [4.78, 5) is 14.1. The van der Waals surface area contributed by atoms with E-state index in [9.17, 15) is 4.79 Å². The first kappa shape index (κ1) is 13.8. The Morgan fingerprint density at radius 2 is 1.89 bits per heavy atom. The SMILES string of the molecule is CCC1CCC(C(C(N)=O)N2CCNCC2)CC1. The van der Waals surface area contributed by atoms with E-state index in [1.165, 1.54) is 32.1 Å². The van der Waals surface area contributed by atoms with E-state index in [0.29, 0.717) is 5.92 Å². The highest BCUT2D eigenvalue weighted by Gasteiger charge is 2.34. The van der Waals surface area contributed by atoms with Crippen molar-refractivity contribution in [2.45, 2.75) is 45.1 Å². The number of hydrogen-bond acceptors (Lipinski definition) is 3. The fraction of sp³-hybridized carbons (Fsp3) is 0.929. The third-order valence-corrected chi connectivity index (χ3v) is 4.75. The lowest BCUT2D eigenvalue weighted by atomic mass is 9.77. The number of hydrogen-bond donors (Lipinski definition) is 2. The Morgan fingerprint density at radius 3 is 2.39 bits per heavy atom. The minimum absolute atomic E-state index is 0.0232. The topological polar surface area (TPSA) is 58.4 Å². The van der Waals surface area contributed by atoms with Crippen molar-refractivity contribution in [3.8, 4) is 0 Å². The van der Waals surface area contributed by atoms with Gasteiger partial charge in [0.15, 0.2) is 0 Å². The second kappa shape index (κ2) is 6.53. The number of rotatable bonds is 4. The van der Waals surface area contributed by atoms with E-state index in [1.807, 2.05) is 0 Å². The van der Waals surface area contributed by atoms with E-state index < -0.39 is 0 Å². The average Bonchev–Trinajstić information content (AvgIpc) is 2.40.